The molecule has 3 heterocycles. The third-order valence-electron chi connectivity index (χ3n) is 4.69. The van der Waals surface area contributed by atoms with E-state index in [1.807, 2.05) is 24.3 Å². The van der Waals surface area contributed by atoms with Crippen LogP contribution in [0.3, 0.4) is 0 Å². The first-order valence-electron chi connectivity index (χ1n) is 8.75. The van der Waals surface area contributed by atoms with Gasteiger partial charge in [0.25, 0.3) is 11.5 Å². The van der Waals surface area contributed by atoms with Crippen LogP contribution in [-0.4, -0.2) is 20.0 Å². The van der Waals surface area contributed by atoms with Gasteiger partial charge in [0.15, 0.2) is 0 Å². The molecule has 6 nitrogen and oxygen atoms in total. The summed E-state index contributed by atoms with van der Waals surface area (Å²) in [6.45, 7) is 1.02. The number of nitrogens with one attached hydrogen (secondary N) is 1. The van der Waals surface area contributed by atoms with E-state index in [2.05, 4.69) is 16.1 Å². The molecule has 0 unspecified atom stereocenters. The maximum absolute atomic E-state index is 12.4. The van der Waals surface area contributed by atoms with Crippen LogP contribution < -0.4 is 10.9 Å². The molecule has 1 aromatic carbocycles. The number of carbonyl (C=O) groups is 1. The lowest BCUT2D eigenvalue weighted by Crippen LogP contribution is -2.19. The van der Waals surface area contributed by atoms with E-state index in [9.17, 15) is 9.59 Å². The number of rotatable bonds is 3. The summed E-state index contributed by atoms with van der Waals surface area (Å²) in [4.78, 5) is 28.8. The molecule has 0 fully saturated rings. The van der Waals surface area contributed by atoms with Crippen molar-refractivity contribution >= 4 is 11.6 Å². The van der Waals surface area contributed by atoms with E-state index in [0.29, 0.717) is 11.3 Å². The van der Waals surface area contributed by atoms with Gasteiger partial charge in [-0.15, -0.1) is 0 Å². The zero-order chi connectivity index (χ0) is 18.1. The average molecular weight is 348 g/mol. The first kappa shape index (κ1) is 16.3. The predicted octanol–water partition coefficient (Wildman–Crippen LogP) is 2.84. The molecule has 0 spiro atoms. The number of carbonyl (C=O) groups excluding carboxylic acids is 1. The van der Waals surface area contributed by atoms with Gasteiger partial charge in [-0.3, -0.25) is 9.59 Å². The molecule has 0 saturated carbocycles. The summed E-state index contributed by atoms with van der Waals surface area (Å²) in [7, 11) is 1.65. The fourth-order valence-electron chi connectivity index (χ4n) is 3.20. The predicted molar refractivity (Wildman–Crippen MR) is 100 cm³/mol. The van der Waals surface area contributed by atoms with Crippen molar-refractivity contribution in [2.24, 2.45) is 7.05 Å². The third kappa shape index (κ3) is 3.18. The van der Waals surface area contributed by atoms with E-state index in [0.717, 1.165) is 30.0 Å². The van der Waals surface area contributed by atoms with Crippen LogP contribution in [0.1, 0.15) is 29.0 Å². The van der Waals surface area contributed by atoms with Crippen molar-refractivity contribution in [3.63, 3.8) is 0 Å². The quantitative estimate of drug-likeness (QED) is 0.791. The summed E-state index contributed by atoms with van der Waals surface area (Å²) in [5.41, 5.74) is 2.70. The third-order valence-corrected chi connectivity index (χ3v) is 4.69. The van der Waals surface area contributed by atoms with Crippen molar-refractivity contribution in [2.75, 3.05) is 5.32 Å². The van der Waals surface area contributed by atoms with Gasteiger partial charge < -0.3 is 14.5 Å². The van der Waals surface area contributed by atoms with Gasteiger partial charge >= 0.3 is 0 Å². The number of nitrogens with zero attached hydrogens (tertiary/aromatic N) is 3. The number of imidazole rings is 1. The van der Waals surface area contributed by atoms with Gasteiger partial charge in [0.1, 0.15) is 5.82 Å². The van der Waals surface area contributed by atoms with Gasteiger partial charge in [-0.1, -0.05) is 12.1 Å². The van der Waals surface area contributed by atoms with Crippen LogP contribution in [0.15, 0.2) is 53.6 Å². The second-order valence-corrected chi connectivity index (χ2v) is 6.59. The molecule has 132 valence electrons. The fraction of sp³-hybridized carbons (Fsp3) is 0.250. The van der Waals surface area contributed by atoms with Crippen molar-refractivity contribution in [1.29, 1.82) is 0 Å². The van der Waals surface area contributed by atoms with Gasteiger partial charge in [0.2, 0.25) is 0 Å². The molecule has 4 rings (SSSR count). The van der Waals surface area contributed by atoms with E-state index >= 15 is 0 Å². The molecular weight excluding hydrogens is 328 g/mol. The Kier molecular flexibility index (Phi) is 4.16. The first-order chi connectivity index (χ1) is 12.6. The molecule has 1 N–H and O–H groups in total. The zero-order valence-electron chi connectivity index (χ0n) is 14.6. The topological polar surface area (TPSA) is 68.9 Å². The number of pyridine rings is 1. The number of aryl methyl sites for hydroxylation is 3. The standard InChI is InChI=1S/C20H20N4O2/c1-23-10-8-15(12-19(23)25)20(26)21-16-6-4-5-14(11-16)17-13-24-9-3-2-7-18(24)22-17/h4-6,8,10-13H,2-3,7,9H2,1H3,(H,21,26). The Morgan fingerprint density at radius 1 is 1.19 bits per heavy atom. The van der Waals surface area contributed by atoms with Crippen LogP contribution in [0, 0.1) is 0 Å². The monoisotopic (exact) mass is 348 g/mol. The molecule has 6 heteroatoms. The number of aromatic nitrogens is 3. The van der Waals surface area contributed by atoms with Crippen molar-refractivity contribution in [3.8, 4) is 11.3 Å². The second-order valence-electron chi connectivity index (χ2n) is 6.59. The maximum Gasteiger partial charge on any atom is 0.255 e. The van der Waals surface area contributed by atoms with Gasteiger partial charge in [-0.25, -0.2) is 4.98 Å². The van der Waals surface area contributed by atoms with Crippen LogP contribution in [0.2, 0.25) is 0 Å². The number of anilines is 1. The SMILES string of the molecule is Cn1ccc(C(=O)Nc2cccc(-c3cn4c(n3)CCCC4)c2)cc1=O. The zero-order valence-corrected chi connectivity index (χ0v) is 14.6. The molecule has 2 aromatic heterocycles. The highest BCUT2D eigenvalue weighted by Gasteiger charge is 2.14. The average Bonchev–Trinajstić information content (AvgIpc) is 3.08. The second kappa shape index (κ2) is 6.63. The summed E-state index contributed by atoms with van der Waals surface area (Å²) >= 11 is 0. The first-order valence-corrected chi connectivity index (χ1v) is 8.75. The van der Waals surface area contributed by atoms with Crippen LogP contribution in [0.25, 0.3) is 11.3 Å². The van der Waals surface area contributed by atoms with E-state index in [4.69, 9.17) is 4.98 Å². The van der Waals surface area contributed by atoms with E-state index in [-0.39, 0.29) is 11.5 Å². The molecule has 1 amide bonds. The molecule has 26 heavy (non-hydrogen) atoms. The van der Waals surface area contributed by atoms with E-state index < -0.39 is 0 Å². The number of fused-ring (bicyclic) bond motifs is 1. The number of benzene rings is 1. The van der Waals surface area contributed by atoms with Crippen LogP contribution in [-0.2, 0) is 20.0 Å². The number of hydrogen-bond donors (Lipinski definition) is 1. The lowest BCUT2D eigenvalue weighted by atomic mass is 10.1. The lowest BCUT2D eigenvalue weighted by Gasteiger charge is -2.11. The van der Waals surface area contributed by atoms with Crippen molar-refractivity contribution in [2.45, 2.75) is 25.8 Å². The Morgan fingerprint density at radius 2 is 2.08 bits per heavy atom. The van der Waals surface area contributed by atoms with Crippen LogP contribution >= 0.6 is 0 Å². The smallest absolute Gasteiger partial charge is 0.255 e. The minimum absolute atomic E-state index is 0.213. The minimum Gasteiger partial charge on any atom is -0.334 e. The molecule has 0 saturated heterocycles. The molecule has 1 aliphatic rings. The van der Waals surface area contributed by atoms with Crippen molar-refractivity contribution < 1.29 is 4.79 Å². The van der Waals surface area contributed by atoms with Crippen molar-refractivity contribution in [3.05, 3.63) is 70.5 Å². The highest BCUT2D eigenvalue weighted by molar-refractivity contribution is 6.04. The molecule has 0 aliphatic carbocycles. The highest BCUT2D eigenvalue weighted by atomic mass is 16.2. The normalized spacial score (nSPS) is 13.3. The Morgan fingerprint density at radius 3 is 2.88 bits per heavy atom. The summed E-state index contributed by atoms with van der Waals surface area (Å²) in [6, 6.07) is 10.6. The lowest BCUT2D eigenvalue weighted by molar-refractivity contribution is 0.102. The Bertz CT molecular complexity index is 1010. The van der Waals surface area contributed by atoms with Crippen LogP contribution in [0.5, 0.6) is 0 Å². The highest BCUT2D eigenvalue weighted by Crippen LogP contribution is 2.25. The minimum atomic E-state index is -0.302. The molecular formula is C20H20N4O2. The molecule has 3 aromatic rings. The van der Waals surface area contributed by atoms with Gasteiger partial charge in [-0.2, -0.15) is 0 Å². The van der Waals surface area contributed by atoms with E-state index in [1.165, 1.54) is 23.5 Å². The van der Waals surface area contributed by atoms with Gasteiger partial charge in [0, 0.05) is 55.3 Å². The summed E-state index contributed by atoms with van der Waals surface area (Å²) < 4.78 is 3.64. The molecule has 0 radical (unpaired) electrons. The van der Waals surface area contributed by atoms with Gasteiger partial charge in [0.05, 0.1) is 5.69 Å². The molecule has 1 aliphatic heterocycles. The number of amides is 1. The molecule has 0 atom stereocenters. The summed E-state index contributed by atoms with van der Waals surface area (Å²) in [5.74, 6) is 0.824. The van der Waals surface area contributed by atoms with Crippen LogP contribution in [0.4, 0.5) is 5.69 Å². The fourth-order valence-corrected chi connectivity index (χ4v) is 3.20. The summed E-state index contributed by atoms with van der Waals surface area (Å²) in [6.07, 6.45) is 7.05. The van der Waals surface area contributed by atoms with E-state index in [1.54, 1.807) is 19.3 Å². The Hall–Kier alpha value is -3.15. The number of hydrogen-bond acceptors (Lipinski definition) is 3. The Labute approximate surface area is 151 Å². The Balaban J connectivity index is 1.57. The van der Waals surface area contributed by atoms with Crippen molar-refractivity contribution in [1.82, 2.24) is 14.1 Å². The maximum atomic E-state index is 12.4. The molecule has 0 bridgehead atoms. The van der Waals surface area contributed by atoms with Gasteiger partial charge in [-0.05, 0) is 31.0 Å². The summed E-state index contributed by atoms with van der Waals surface area (Å²) in [5, 5.41) is 2.86. The largest absolute Gasteiger partial charge is 0.334 e.